The van der Waals surface area contributed by atoms with Crippen molar-refractivity contribution in [2.24, 2.45) is 0 Å². The van der Waals surface area contributed by atoms with Crippen molar-refractivity contribution in [3.8, 4) is 0 Å². The fourth-order valence-electron chi connectivity index (χ4n) is 2.35. The van der Waals surface area contributed by atoms with E-state index in [1.54, 1.807) is 11.0 Å². The number of halogens is 2. The number of carbonyl (C=O) groups is 1. The summed E-state index contributed by atoms with van der Waals surface area (Å²) in [5.41, 5.74) is 0.587. The number of hydrogen-bond donors (Lipinski definition) is 0. The highest BCUT2D eigenvalue weighted by atomic mass is 35.5. The number of carbonyl (C=O) groups excluding carboxylic acids is 1. The van der Waals surface area contributed by atoms with Crippen LogP contribution in [-0.4, -0.2) is 23.1 Å². The third-order valence-electron chi connectivity index (χ3n) is 3.09. The van der Waals surface area contributed by atoms with Gasteiger partial charge in [0.1, 0.15) is 11.9 Å². The summed E-state index contributed by atoms with van der Waals surface area (Å²) in [4.78, 5) is 13.4. The summed E-state index contributed by atoms with van der Waals surface area (Å²) in [5.74, 6) is -0.427. The normalized spacial score (nSPS) is 23.7. The molecule has 0 N–H and O–H groups in total. The molecule has 18 heavy (non-hydrogen) atoms. The zero-order valence-electron chi connectivity index (χ0n) is 10.5. The highest BCUT2D eigenvalue weighted by Gasteiger charge is 2.41. The first-order chi connectivity index (χ1) is 8.40. The van der Waals surface area contributed by atoms with E-state index in [1.807, 2.05) is 20.8 Å². The Morgan fingerprint density at radius 3 is 2.56 bits per heavy atom. The quantitative estimate of drug-likeness (QED) is 0.819. The first-order valence-electron chi connectivity index (χ1n) is 5.85. The summed E-state index contributed by atoms with van der Waals surface area (Å²) in [5, 5.41) is 0.302. The number of cyclic esters (lactones) is 1. The van der Waals surface area contributed by atoms with Crippen LogP contribution in [-0.2, 0) is 4.74 Å². The molecular formula is C13H15ClFNO2. The highest BCUT2D eigenvalue weighted by molar-refractivity contribution is 6.30. The molecule has 1 heterocycles. The predicted molar refractivity (Wildman–Crippen MR) is 67.1 cm³/mol. The lowest BCUT2D eigenvalue weighted by Gasteiger charge is -2.24. The average Bonchev–Trinajstić information content (AvgIpc) is 2.52. The van der Waals surface area contributed by atoms with Crippen LogP contribution in [0.2, 0.25) is 5.02 Å². The summed E-state index contributed by atoms with van der Waals surface area (Å²) in [6.07, 6.45) is -0.851. The molecule has 0 unspecified atom stereocenters. The van der Waals surface area contributed by atoms with Crippen LogP contribution in [0.25, 0.3) is 0 Å². The smallest absolute Gasteiger partial charge is 0.411 e. The van der Waals surface area contributed by atoms with Crippen molar-refractivity contribution in [2.75, 3.05) is 0 Å². The second-order valence-corrected chi connectivity index (χ2v) is 5.19. The zero-order chi connectivity index (χ0) is 13.4. The zero-order valence-corrected chi connectivity index (χ0v) is 11.2. The van der Waals surface area contributed by atoms with Gasteiger partial charge in [0.05, 0.1) is 6.04 Å². The van der Waals surface area contributed by atoms with Crippen LogP contribution in [0.3, 0.4) is 0 Å². The van der Waals surface area contributed by atoms with Crippen molar-refractivity contribution in [3.05, 3.63) is 34.6 Å². The van der Waals surface area contributed by atoms with E-state index in [9.17, 15) is 9.18 Å². The van der Waals surface area contributed by atoms with Gasteiger partial charge in [-0.1, -0.05) is 11.6 Å². The van der Waals surface area contributed by atoms with E-state index < -0.39 is 11.9 Å². The van der Waals surface area contributed by atoms with Gasteiger partial charge in [-0.25, -0.2) is 9.18 Å². The molecule has 98 valence electrons. The summed E-state index contributed by atoms with van der Waals surface area (Å²) in [7, 11) is 0. The van der Waals surface area contributed by atoms with E-state index in [1.165, 1.54) is 12.1 Å². The van der Waals surface area contributed by atoms with Gasteiger partial charge in [-0.3, -0.25) is 4.90 Å². The lowest BCUT2D eigenvalue weighted by Crippen LogP contribution is -2.37. The van der Waals surface area contributed by atoms with Gasteiger partial charge in [-0.15, -0.1) is 0 Å². The van der Waals surface area contributed by atoms with Crippen molar-refractivity contribution in [3.63, 3.8) is 0 Å². The van der Waals surface area contributed by atoms with Gasteiger partial charge in [0.25, 0.3) is 0 Å². The van der Waals surface area contributed by atoms with Gasteiger partial charge in [0, 0.05) is 11.1 Å². The summed E-state index contributed by atoms with van der Waals surface area (Å²) >= 11 is 5.82. The molecule has 1 aromatic carbocycles. The van der Waals surface area contributed by atoms with Crippen molar-refractivity contribution in [1.29, 1.82) is 0 Å². The SMILES string of the molecule is CC(C)N1C(=O)O[C@H](c2cc(F)cc(Cl)c2)[C@@H]1C. The first kappa shape index (κ1) is 13.1. The summed E-state index contributed by atoms with van der Waals surface area (Å²) < 4.78 is 18.6. The molecule has 0 spiro atoms. The summed E-state index contributed by atoms with van der Waals surface area (Å²) in [6.45, 7) is 5.71. The maximum absolute atomic E-state index is 13.3. The molecule has 1 amide bonds. The Balaban J connectivity index is 2.32. The fourth-order valence-corrected chi connectivity index (χ4v) is 2.58. The lowest BCUT2D eigenvalue weighted by atomic mass is 10.0. The minimum atomic E-state index is -0.479. The highest BCUT2D eigenvalue weighted by Crippen LogP contribution is 2.34. The molecule has 1 aliphatic rings. The number of amides is 1. The Bertz CT molecular complexity index is 458. The van der Waals surface area contributed by atoms with Crippen LogP contribution in [0.15, 0.2) is 18.2 Å². The van der Waals surface area contributed by atoms with Crippen LogP contribution in [0.5, 0.6) is 0 Å². The van der Waals surface area contributed by atoms with Crippen molar-refractivity contribution < 1.29 is 13.9 Å². The largest absolute Gasteiger partial charge is 0.439 e. The monoisotopic (exact) mass is 271 g/mol. The molecule has 2 atom stereocenters. The minimum Gasteiger partial charge on any atom is -0.439 e. The number of hydrogen-bond acceptors (Lipinski definition) is 2. The molecule has 0 aliphatic carbocycles. The van der Waals surface area contributed by atoms with Gasteiger partial charge in [-0.2, -0.15) is 0 Å². The maximum Gasteiger partial charge on any atom is 0.411 e. The molecule has 2 rings (SSSR count). The molecule has 1 aliphatic heterocycles. The molecule has 0 aromatic heterocycles. The van der Waals surface area contributed by atoms with E-state index in [4.69, 9.17) is 16.3 Å². The van der Waals surface area contributed by atoms with Crippen LogP contribution in [0.4, 0.5) is 9.18 Å². The molecule has 3 nitrogen and oxygen atoms in total. The van der Waals surface area contributed by atoms with Crippen molar-refractivity contribution in [2.45, 2.75) is 39.0 Å². The third-order valence-corrected chi connectivity index (χ3v) is 3.30. The van der Waals surface area contributed by atoms with Gasteiger partial charge in [-0.05, 0) is 44.5 Å². The van der Waals surface area contributed by atoms with Crippen molar-refractivity contribution in [1.82, 2.24) is 4.90 Å². The Morgan fingerprint density at radius 2 is 2.06 bits per heavy atom. The molecule has 0 radical (unpaired) electrons. The van der Waals surface area contributed by atoms with E-state index >= 15 is 0 Å². The van der Waals surface area contributed by atoms with Gasteiger partial charge >= 0.3 is 6.09 Å². The average molecular weight is 272 g/mol. The summed E-state index contributed by atoms with van der Waals surface area (Å²) in [6, 6.07) is 4.11. The third kappa shape index (κ3) is 2.29. The molecule has 1 aromatic rings. The first-order valence-corrected chi connectivity index (χ1v) is 6.23. The molecular weight excluding hydrogens is 257 g/mol. The number of nitrogens with zero attached hydrogens (tertiary/aromatic N) is 1. The van der Waals surface area contributed by atoms with Crippen LogP contribution in [0, 0.1) is 5.82 Å². The van der Waals surface area contributed by atoms with E-state index in [2.05, 4.69) is 0 Å². The Labute approximate surface area is 110 Å². The molecule has 0 saturated carbocycles. The van der Waals surface area contributed by atoms with Gasteiger partial charge in [0.2, 0.25) is 0 Å². The van der Waals surface area contributed by atoms with Crippen molar-refractivity contribution >= 4 is 17.7 Å². The topological polar surface area (TPSA) is 29.5 Å². The fraction of sp³-hybridized carbons (Fsp3) is 0.462. The molecule has 5 heteroatoms. The van der Waals surface area contributed by atoms with Crippen LogP contribution < -0.4 is 0 Å². The Morgan fingerprint density at radius 1 is 1.39 bits per heavy atom. The number of rotatable bonds is 2. The molecule has 1 saturated heterocycles. The Kier molecular flexibility index (Phi) is 3.48. The Hall–Kier alpha value is -1.29. The van der Waals surface area contributed by atoms with Gasteiger partial charge < -0.3 is 4.74 Å². The predicted octanol–water partition coefficient (Wildman–Crippen LogP) is 3.77. The maximum atomic E-state index is 13.3. The number of ether oxygens (including phenoxy) is 1. The minimum absolute atomic E-state index is 0.0431. The number of benzene rings is 1. The van der Waals surface area contributed by atoms with E-state index in [0.29, 0.717) is 10.6 Å². The van der Waals surface area contributed by atoms with Crippen LogP contribution in [0.1, 0.15) is 32.4 Å². The van der Waals surface area contributed by atoms with Crippen LogP contribution >= 0.6 is 11.6 Å². The molecule has 0 bridgehead atoms. The second kappa shape index (κ2) is 4.76. The van der Waals surface area contributed by atoms with E-state index in [0.717, 1.165) is 0 Å². The molecule has 1 fully saturated rings. The lowest BCUT2D eigenvalue weighted by molar-refractivity contribution is 0.128. The van der Waals surface area contributed by atoms with E-state index in [-0.39, 0.29) is 18.2 Å². The van der Waals surface area contributed by atoms with Gasteiger partial charge in [0.15, 0.2) is 0 Å². The second-order valence-electron chi connectivity index (χ2n) is 4.75. The standard InChI is InChI=1S/C13H15ClFNO2/c1-7(2)16-8(3)12(18-13(16)17)9-4-10(14)6-11(15)5-9/h4-8,12H,1-3H3/t8-,12-/m0/s1.